The molecule has 0 fully saturated rings. The van der Waals surface area contributed by atoms with Crippen LogP contribution in [0.15, 0.2) is 35.8 Å². The Bertz CT molecular complexity index is 1040. The normalized spacial score (nSPS) is 13.0. The van der Waals surface area contributed by atoms with Crippen molar-refractivity contribution >= 4 is 28.8 Å². The zero-order valence-corrected chi connectivity index (χ0v) is 16.8. The second-order valence-electron chi connectivity index (χ2n) is 6.35. The predicted molar refractivity (Wildman–Crippen MR) is 107 cm³/mol. The molecule has 0 aliphatic rings. The molecule has 9 heteroatoms. The molecule has 2 aromatic heterocycles. The van der Waals surface area contributed by atoms with Crippen LogP contribution in [0, 0.1) is 11.3 Å². The SMILES string of the molecule is CC(Cn1ccc(-c2ccc(C#N)c(Cl)c2)n1)NC(=O)c1csc(C(C)O)n1. The molecule has 28 heavy (non-hydrogen) atoms. The molecule has 144 valence electrons. The van der Waals surface area contributed by atoms with Crippen molar-refractivity contribution in [1.82, 2.24) is 20.1 Å². The number of nitrogens with one attached hydrogen (secondary N) is 1. The fourth-order valence-electron chi connectivity index (χ4n) is 2.59. The summed E-state index contributed by atoms with van der Waals surface area (Å²) in [6.45, 7) is 3.96. The van der Waals surface area contributed by atoms with Crippen molar-refractivity contribution in [3.05, 3.63) is 57.1 Å². The largest absolute Gasteiger partial charge is 0.386 e. The summed E-state index contributed by atoms with van der Waals surface area (Å²) >= 11 is 7.33. The van der Waals surface area contributed by atoms with E-state index in [-0.39, 0.29) is 11.9 Å². The van der Waals surface area contributed by atoms with E-state index in [4.69, 9.17) is 16.9 Å². The minimum atomic E-state index is -0.692. The highest BCUT2D eigenvalue weighted by Gasteiger charge is 2.16. The molecule has 2 atom stereocenters. The molecule has 0 saturated heterocycles. The van der Waals surface area contributed by atoms with Gasteiger partial charge in [-0.3, -0.25) is 9.48 Å². The van der Waals surface area contributed by atoms with E-state index >= 15 is 0 Å². The number of nitrogens with zero attached hydrogens (tertiary/aromatic N) is 4. The van der Waals surface area contributed by atoms with Gasteiger partial charge in [0.1, 0.15) is 22.9 Å². The molecule has 2 unspecified atom stereocenters. The van der Waals surface area contributed by atoms with Crippen LogP contribution >= 0.6 is 22.9 Å². The molecule has 0 radical (unpaired) electrons. The van der Waals surface area contributed by atoms with Crippen LogP contribution in [0.2, 0.25) is 5.02 Å². The lowest BCUT2D eigenvalue weighted by Crippen LogP contribution is -2.36. The number of aliphatic hydroxyl groups excluding tert-OH is 1. The molecule has 3 aromatic rings. The van der Waals surface area contributed by atoms with Crippen LogP contribution < -0.4 is 5.32 Å². The maximum Gasteiger partial charge on any atom is 0.271 e. The Morgan fingerprint density at radius 3 is 2.86 bits per heavy atom. The fraction of sp³-hybridized carbons (Fsp3) is 0.263. The summed E-state index contributed by atoms with van der Waals surface area (Å²) in [5, 5.41) is 28.4. The van der Waals surface area contributed by atoms with E-state index in [1.54, 1.807) is 35.2 Å². The minimum Gasteiger partial charge on any atom is -0.386 e. The molecule has 0 spiro atoms. The van der Waals surface area contributed by atoms with Crippen molar-refractivity contribution in [3.8, 4) is 17.3 Å². The number of aliphatic hydroxyl groups is 1. The van der Waals surface area contributed by atoms with Crippen molar-refractivity contribution < 1.29 is 9.90 Å². The molecule has 0 aliphatic carbocycles. The monoisotopic (exact) mass is 415 g/mol. The average molecular weight is 416 g/mol. The zero-order valence-electron chi connectivity index (χ0n) is 15.3. The van der Waals surface area contributed by atoms with Gasteiger partial charge in [-0.05, 0) is 32.0 Å². The molecule has 2 heterocycles. The number of carbonyl (C=O) groups excluding carboxylic acids is 1. The third kappa shape index (κ3) is 4.57. The van der Waals surface area contributed by atoms with Gasteiger partial charge in [0.25, 0.3) is 5.91 Å². The fourth-order valence-corrected chi connectivity index (χ4v) is 3.55. The van der Waals surface area contributed by atoms with Gasteiger partial charge in [0.05, 0.1) is 22.8 Å². The molecular weight excluding hydrogens is 398 g/mol. The Hall–Kier alpha value is -2.73. The Labute approximate surface area is 171 Å². The van der Waals surface area contributed by atoms with Crippen molar-refractivity contribution in [1.29, 1.82) is 5.26 Å². The van der Waals surface area contributed by atoms with Gasteiger partial charge in [-0.15, -0.1) is 11.3 Å². The first-order valence-electron chi connectivity index (χ1n) is 8.55. The minimum absolute atomic E-state index is 0.179. The number of carbonyl (C=O) groups is 1. The van der Waals surface area contributed by atoms with Crippen molar-refractivity contribution in [3.63, 3.8) is 0 Å². The van der Waals surface area contributed by atoms with Crippen molar-refractivity contribution in [2.45, 2.75) is 32.5 Å². The number of benzene rings is 1. The lowest BCUT2D eigenvalue weighted by atomic mass is 10.1. The Kier molecular flexibility index (Phi) is 6.09. The maximum atomic E-state index is 12.3. The lowest BCUT2D eigenvalue weighted by Gasteiger charge is -2.13. The summed E-state index contributed by atoms with van der Waals surface area (Å²) in [4.78, 5) is 16.4. The van der Waals surface area contributed by atoms with Crippen LogP contribution in [-0.2, 0) is 6.54 Å². The van der Waals surface area contributed by atoms with Crippen LogP contribution in [0.3, 0.4) is 0 Å². The van der Waals surface area contributed by atoms with Crippen molar-refractivity contribution in [2.75, 3.05) is 0 Å². The number of rotatable bonds is 6. The Morgan fingerprint density at radius 1 is 1.43 bits per heavy atom. The number of aromatic nitrogens is 3. The van der Waals surface area contributed by atoms with E-state index in [9.17, 15) is 9.90 Å². The molecule has 0 aliphatic heterocycles. The maximum absolute atomic E-state index is 12.3. The third-order valence-electron chi connectivity index (χ3n) is 3.98. The van der Waals surface area contributed by atoms with Crippen LogP contribution in [0.1, 0.15) is 41.0 Å². The second-order valence-corrected chi connectivity index (χ2v) is 7.65. The zero-order chi connectivity index (χ0) is 20.3. The van der Waals surface area contributed by atoms with E-state index in [1.165, 1.54) is 11.3 Å². The average Bonchev–Trinajstić information content (AvgIpc) is 3.31. The quantitative estimate of drug-likeness (QED) is 0.642. The summed E-state index contributed by atoms with van der Waals surface area (Å²) < 4.78 is 1.73. The number of halogens is 1. The topological polar surface area (TPSA) is 104 Å². The molecule has 7 nitrogen and oxygen atoms in total. The summed E-state index contributed by atoms with van der Waals surface area (Å²) in [5.74, 6) is -0.290. The Morgan fingerprint density at radius 2 is 2.21 bits per heavy atom. The van der Waals surface area contributed by atoms with Crippen LogP contribution in [0.25, 0.3) is 11.3 Å². The van der Waals surface area contributed by atoms with E-state index < -0.39 is 6.10 Å². The molecule has 0 bridgehead atoms. The van der Waals surface area contributed by atoms with Gasteiger partial charge in [-0.2, -0.15) is 10.4 Å². The highest BCUT2D eigenvalue weighted by molar-refractivity contribution is 7.09. The first-order valence-corrected chi connectivity index (χ1v) is 9.81. The highest BCUT2D eigenvalue weighted by atomic mass is 35.5. The summed E-state index contributed by atoms with van der Waals surface area (Å²) in [7, 11) is 0. The van der Waals surface area contributed by atoms with Crippen LogP contribution in [0.5, 0.6) is 0 Å². The van der Waals surface area contributed by atoms with Crippen molar-refractivity contribution in [2.24, 2.45) is 0 Å². The summed E-state index contributed by atoms with van der Waals surface area (Å²) in [6.07, 6.45) is 1.13. The van der Waals surface area contributed by atoms with Gasteiger partial charge in [-0.1, -0.05) is 17.7 Å². The molecular formula is C19H18ClN5O2S. The summed E-state index contributed by atoms with van der Waals surface area (Å²) in [5.41, 5.74) is 2.25. The van der Waals surface area contributed by atoms with E-state index in [0.717, 1.165) is 11.3 Å². The number of hydrogen-bond donors (Lipinski definition) is 2. The van der Waals surface area contributed by atoms with Crippen LogP contribution in [0.4, 0.5) is 0 Å². The first kappa shape index (κ1) is 20.0. The van der Waals surface area contributed by atoms with Crippen LogP contribution in [-0.4, -0.2) is 31.8 Å². The molecule has 1 aromatic carbocycles. The smallest absolute Gasteiger partial charge is 0.271 e. The Balaban J connectivity index is 1.63. The molecule has 3 rings (SSSR count). The van der Waals surface area contributed by atoms with Gasteiger partial charge in [-0.25, -0.2) is 4.98 Å². The molecule has 0 saturated carbocycles. The van der Waals surface area contributed by atoms with Gasteiger partial charge in [0.15, 0.2) is 0 Å². The molecule has 1 amide bonds. The third-order valence-corrected chi connectivity index (χ3v) is 5.30. The summed E-state index contributed by atoms with van der Waals surface area (Å²) in [6, 6.07) is 8.86. The standard InChI is InChI=1S/C19H18ClN5O2S/c1-11(22-18(27)17-10-28-19(23-17)12(2)26)9-25-6-5-16(24-25)13-3-4-14(8-21)15(20)7-13/h3-7,10-12,26H,9H2,1-2H3,(H,22,27). The highest BCUT2D eigenvalue weighted by Crippen LogP contribution is 2.24. The predicted octanol–water partition coefficient (Wildman–Crippen LogP) is 3.40. The van der Waals surface area contributed by atoms with Gasteiger partial charge >= 0.3 is 0 Å². The number of thiazole rings is 1. The van der Waals surface area contributed by atoms with Gasteiger partial charge < -0.3 is 10.4 Å². The van der Waals surface area contributed by atoms with Gasteiger partial charge in [0, 0.05) is 23.2 Å². The first-order chi connectivity index (χ1) is 13.4. The number of amides is 1. The number of nitriles is 1. The molecule has 2 N–H and O–H groups in total. The number of hydrogen-bond acceptors (Lipinski definition) is 6. The van der Waals surface area contributed by atoms with Gasteiger partial charge in [0.2, 0.25) is 0 Å². The van der Waals surface area contributed by atoms with E-state index in [1.807, 2.05) is 25.3 Å². The van der Waals surface area contributed by atoms with E-state index in [2.05, 4.69) is 15.4 Å². The second kappa shape index (κ2) is 8.52. The lowest BCUT2D eigenvalue weighted by molar-refractivity contribution is 0.0931. The van der Waals surface area contributed by atoms with E-state index in [0.29, 0.717) is 27.8 Å².